The lowest BCUT2D eigenvalue weighted by Gasteiger charge is -2.19. The fourth-order valence-corrected chi connectivity index (χ4v) is 1.47. The lowest BCUT2D eigenvalue weighted by Crippen LogP contribution is -2.14. The SMILES string of the molecule is CC(C)(C)C=C=C1CCCC[C@H]1O. The van der Waals surface area contributed by atoms with Crippen molar-refractivity contribution >= 4 is 0 Å². The number of aliphatic hydroxyl groups excluding tert-OH is 1. The molecule has 0 radical (unpaired) electrons. The Bertz CT molecular complexity index is 226. The van der Waals surface area contributed by atoms with E-state index in [1.54, 1.807) is 0 Å². The molecule has 1 heteroatoms. The average Bonchev–Trinajstić information content (AvgIpc) is 2.01. The summed E-state index contributed by atoms with van der Waals surface area (Å²) in [6.07, 6.45) is 6.14. The van der Waals surface area contributed by atoms with Crippen molar-refractivity contribution in [3.8, 4) is 0 Å². The highest BCUT2D eigenvalue weighted by Gasteiger charge is 2.15. The maximum absolute atomic E-state index is 9.65. The highest BCUT2D eigenvalue weighted by molar-refractivity contribution is 5.11. The second-order valence-corrected chi connectivity index (χ2v) is 4.94. The summed E-state index contributed by atoms with van der Waals surface area (Å²) in [4.78, 5) is 0. The zero-order valence-corrected chi connectivity index (χ0v) is 8.93. The molecule has 0 aromatic carbocycles. The van der Waals surface area contributed by atoms with Gasteiger partial charge in [0, 0.05) is 0 Å². The maximum atomic E-state index is 9.65. The van der Waals surface area contributed by atoms with Crippen molar-refractivity contribution in [2.45, 2.75) is 52.6 Å². The first-order chi connectivity index (χ1) is 5.99. The minimum atomic E-state index is -0.229. The van der Waals surface area contributed by atoms with Crippen molar-refractivity contribution in [1.29, 1.82) is 0 Å². The van der Waals surface area contributed by atoms with Gasteiger partial charge in [-0.2, -0.15) is 0 Å². The molecular formula is C12H20O. The van der Waals surface area contributed by atoms with Crippen molar-refractivity contribution in [2.24, 2.45) is 5.41 Å². The molecule has 0 aromatic rings. The molecule has 1 nitrogen and oxygen atoms in total. The van der Waals surface area contributed by atoms with Gasteiger partial charge in [0.1, 0.15) is 0 Å². The Balaban J connectivity index is 2.73. The summed E-state index contributed by atoms with van der Waals surface area (Å²) >= 11 is 0. The minimum Gasteiger partial charge on any atom is -0.388 e. The first-order valence-electron chi connectivity index (χ1n) is 5.14. The molecule has 0 aliphatic heterocycles. The van der Waals surface area contributed by atoms with E-state index in [2.05, 4.69) is 32.6 Å². The van der Waals surface area contributed by atoms with Crippen LogP contribution in [-0.2, 0) is 0 Å². The summed E-state index contributed by atoms with van der Waals surface area (Å²) in [5.41, 5.74) is 4.52. The molecule has 1 aliphatic rings. The van der Waals surface area contributed by atoms with Gasteiger partial charge in [-0.15, -0.1) is 5.73 Å². The number of hydrogen-bond donors (Lipinski definition) is 1. The van der Waals surface area contributed by atoms with E-state index in [1.165, 1.54) is 6.42 Å². The molecule has 1 aliphatic carbocycles. The molecule has 0 spiro atoms. The van der Waals surface area contributed by atoms with Crippen LogP contribution in [0.3, 0.4) is 0 Å². The zero-order chi connectivity index (χ0) is 9.90. The van der Waals surface area contributed by atoms with Crippen molar-refractivity contribution in [3.63, 3.8) is 0 Å². The Kier molecular flexibility index (Phi) is 3.35. The summed E-state index contributed by atoms with van der Waals surface area (Å²) < 4.78 is 0. The molecule has 1 rings (SSSR count). The van der Waals surface area contributed by atoms with Crippen LogP contribution in [0.1, 0.15) is 46.5 Å². The first-order valence-corrected chi connectivity index (χ1v) is 5.14. The van der Waals surface area contributed by atoms with Crippen LogP contribution >= 0.6 is 0 Å². The van der Waals surface area contributed by atoms with Gasteiger partial charge >= 0.3 is 0 Å². The third-order valence-corrected chi connectivity index (χ3v) is 2.27. The van der Waals surface area contributed by atoms with Gasteiger partial charge in [0.25, 0.3) is 0 Å². The van der Waals surface area contributed by atoms with Crippen LogP contribution in [0.25, 0.3) is 0 Å². The van der Waals surface area contributed by atoms with Crippen LogP contribution in [0.15, 0.2) is 17.4 Å². The van der Waals surface area contributed by atoms with Crippen LogP contribution in [0.5, 0.6) is 0 Å². The van der Waals surface area contributed by atoms with Crippen molar-refractivity contribution in [3.05, 3.63) is 17.4 Å². The van der Waals surface area contributed by atoms with E-state index in [-0.39, 0.29) is 11.5 Å². The van der Waals surface area contributed by atoms with E-state index in [0.29, 0.717) is 0 Å². The Hall–Kier alpha value is -0.520. The van der Waals surface area contributed by atoms with E-state index in [4.69, 9.17) is 0 Å². The summed E-state index contributed by atoms with van der Waals surface area (Å²) in [7, 11) is 0. The van der Waals surface area contributed by atoms with Gasteiger partial charge in [0.2, 0.25) is 0 Å². The van der Waals surface area contributed by atoms with Gasteiger partial charge in [0.05, 0.1) is 6.10 Å². The van der Waals surface area contributed by atoms with Crippen LogP contribution in [-0.4, -0.2) is 11.2 Å². The molecule has 74 valence electrons. The molecular weight excluding hydrogens is 160 g/mol. The minimum absolute atomic E-state index is 0.171. The summed E-state index contributed by atoms with van der Waals surface area (Å²) in [6, 6.07) is 0. The Labute approximate surface area is 81.2 Å². The monoisotopic (exact) mass is 180 g/mol. The van der Waals surface area contributed by atoms with Gasteiger partial charge in [-0.1, -0.05) is 27.2 Å². The van der Waals surface area contributed by atoms with Gasteiger partial charge < -0.3 is 5.11 Å². The van der Waals surface area contributed by atoms with E-state index in [9.17, 15) is 5.11 Å². The Morgan fingerprint density at radius 1 is 1.38 bits per heavy atom. The van der Waals surface area contributed by atoms with Crippen LogP contribution in [0.2, 0.25) is 0 Å². The molecule has 0 unspecified atom stereocenters. The van der Waals surface area contributed by atoms with E-state index < -0.39 is 0 Å². The highest BCUT2D eigenvalue weighted by atomic mass is 16.3. The van der Waals surface area contributed by atoms with Crippen molar-refractivity contribution in [2.75, 3.05) is 0 Å². The molecule has 0 saturated heterocycles. The quantitative estimate of drug-likeness (QED) is 0.568. The van der Waals surface area contributed by atoms with Gasteiger partial charge in [-0.3, -0.25) is 0 Å². The van der Waals surface area contributed by atoms with E-state index in [0.717, 1.165) is 24.8 Å². The molecule has 0 amide bonds. The normalized spacial score (nSPS) is 24.0. The largest absolute Gasteiger partial charge is 0.388 e. The summed E-state index contributed by atoms with van der Waals surface area (Å²) in [5.74, 6) is 0. The van der Waals surface area contributed by atoms with Gasteiger partial charge in [0.15, 0.2) is 0 Å². The zero-order valence-electron chi connectivity index (χ0n) is 8.93. The van der Waals surface area contributed by atoms with E-state index in [1.807, 2.05) is 0 Å². The van der Waals surface area contributed by atoms with Gasteiger partial charge in [-0.05, 0) is 36.3 Å². The van der Waals surface area contributed by atoms with Crippen LogP contribution in [0, 0.1) is 5.41 Å². The lowest BCUT2D eigenvalue weighted by atomic mass is 9.91. The predicted octanol–water partition coefficient (Wildman–Crippen LogP) is 3.05. The predicted molar refractivity (Wildman–Crippen MR) is 55.5 cm³/mol. The van der Waals surface area contributed by atoms with Crippen molar-refractivity contribution in [1.82, 2.24) is 0 Å². The van der Waals surface area contributed by atoms with Crippen LogP contribution in [0.4, 0.5) is 0 Å². The third-order valence-electron chi connectivity index (χ3n) is 2.27. The smallest absolute Gasteiger partial charge is 0.0823 e. The average molecular weight is 180 g/mol. The molecule has 13 heavy (non-hydrogen) atoms. The topological polar surface area (TPSA) is 20.2 Å². The number of hydrogen-bond acceptors (Lipinski definition) is 1. The summed E-state index contributed by atoms with van der Waals surface area (Å²) in [5, 5.41) is 9.65. The standard InChI is InChI=1S/C12H20O/c1-12(2,3)9-8-10-6-4-5-7-11(10)13/h9,11,13H,4-7H2,1-3H3/t8?,11-/m1/s1. The fourth-order valence-electron chi connectivity index (χ4n) is 1.47. The number of aliphatic hydroxyl groups is 1. The second kappa shape index (κ2) is 4.13. The van der Waals surface area contributed by atoms with Gasteiger partial charge in [-0.25, -0.2) is 0 Å². The molecule has 0 bridgehead atoms. The highest BCUT2D eigenvalue weighted by Crippen LogP contribution is 2.23. The molecule has 1 N–H and O–H groups in total. The van der Waals surface area contributed by atoms with E-state index >= 15 is 0 Å². The lowest BCUT2D eigenvalue weighted by molar-refractivity contribution is 0.179. The molecule has 0 aromatic heterocycles. The second-order valence-electron chi connectivity index (χ2n) is 4.94. The Morgan fingerprint density at radius 3 is 2.62 bits per heavy atom. The Morgan fingerprint density at radius 2 is 2.08 bits per heavy atom. The molecule has 1 atom stereocenters. The molecule has 0 heterocycles. The number of rotatable bonds is 0. The maximum Gasteiger partial charge on any atom is 0.0823 e. The molecule has 1 fully saturated rings. The van der Waals surface area contributed by atoms with Crippen LogP contribution < -0.4 is 0 Å². The fraction of sp³-hybridized carbons (Fsp3) is 0.750. The molecule has 1 saturated carbocycles. The first kappa shape index (κ1) is 10.6. The van der Waals surface area contributed by atoms with Crippen molar-refractivity contribution < 1.29 is 5.11 Å². The summed E-state index contributed by atoms with van der Waals surface area (Å²) in [6.45, 7) is 6.45. The third kappa shape index (κ3) is 3.80.